The predicted octanol–water partition coefficient (Wildman–Crippen LogP) is 3.33. The molecule has 0 aliphatic heterocycles. The topological polar surface area (TPSA) is 42.7 Å². The molecule has 2 fully saturated rings. The van der Waals surface area contributed by atoms with Gasteiger partial charge in [-0.3, -0.25) is 0 Å². The quantitative estimate of drug-likeness (QED) is 0.890. The maximum absolute atomic E-state index is 4.28. The van der Waals surface area contributed by atoms with Crippen LogP contribution in [0.15, 0.2) is 36.7 Å². The lowest BCUT2D eigenvalue weighted by atomic mass is 9.56. The van der Waals surface area contributed by atoms with Crippen LogP contribution in [-0.2, 0) is 6.54 Å². The van der Waals surface area contributed by atoms with Crippen molar-refractivity contribution < 1.29 is 0 Å². The Kier molecular flexibility index (Phi) is 3.72. The van der Waals surface area contributed by atoms with Crippen molar-refractivity contribution in [3.8, 4) is 0 Å². The molecule has 0 spiro atoms. The van der Waals surface area contributed by atoms with E-state index in [1.54, 1.807) is 0 Å². The summed E-state index contributed by atoms with van der Waals surface area (Å²) in [5.41, 5.74) is 1.79. The Bertz CT molecular complexity index is 657. The fraction of sp³-hybridized carbons (Fsp3) is 0.579. The molecular weight excluding hydrogens is 284 g/mol. The maximum Gasteiger partial charge on any atom is 0.135 e. The molecule has 2 saturated carbocycles. The summed E-state index contributed by atoms with van der Waals surface area (Å²) >= 11 is 0. The lowest BCUT2D eigenvalue weighted by Crippen LogP contribution is -2.55. The number of nitrogens with zero attached hydrogens (tertiary/aromatic N) is 3. The average Bonchev–Trinajstić information content (AvgIpc) is 3.30. The van der Waals surface area contributed by atoms with Crippen LogP contribution in [0.2, 0.25) is 0 Å². The van der Waals surface area contributed by atoms with E-state index in [1.807, 2.05) is 6.33 Å². The number of nitrogens with one attached hydrogen (secondary N) is 1. The molecule has 2 aromatic rings. The molecule has 2 aliphatic carbocycles. The molecule has 0 saturated heterocycles. The first-order valence-electron chi connectivity index (χ1n) is 8.82. The predicted molar refractivity (Wildman–Crippen MR) is 91.4 cm³/mol. The Balaban J connectivity index is 1.31. The molecule has 1 heterocycles. The molecule has 2 atom stereocenters. The average molecular weight is 310 g/mol. The van der Waals surface area contributed by atoms with Crippen molar-refractivity contribution in [3.05, 3.63) is 48.0 Å². The molecule has 0 amide bonds. The second-order valence-electron chi connectivity index (χ2n) is 7.68. The van der Waals surface area contributed by atoms with E-state index in [-0.39, 0.29) is 0 Å². The zero-order chi connectivity index (χ0) is 15.9. The summed E-state index contributed by atoms with van der Waals surface area (Å²) in [6, 6.07) is 11.5. The van der Waals surface area contributed by atoms with Crippen LogP contribution < -0.4 is 5.32 Å². The summed E-state index contributed by atoms with van der Waals surface area (Å²) in [6.45, 7) is 6.75. The smallest absolute Gasteiger partial charge is 0.135 e. The number of rotatable bonds is 6. The second-order valence-corrected chi connectivity index (χ2v) is 7.68. The maximum atomic E-state index is 4.28. The molecular formula is C19H26N4. The van der Waals surface area contributed by atoms with Crippen molar-refractivity contribution in [2.24, 2.45) is 5.41 Å². The van der Waals surface area contributed by atoms with Crippen molar-refractivity contribution in [1.82, 2.24) is 20.1 Å². The number of hydrogen-bond acceptors (Lipinski definition) is 3. The van der Waals surface area contributed by atoms with Gasteiger partial charge >= 0.3 is 0 Å². The molecule has 2 aliphatic rings. The Hall–Kier alpha value is -1.68. The van der Waals surface area contributed by atoms with Gasteiger partial charge in [-0.15, -0.1) is 10.2 Å². The van der Waals surface area contributed by atoms with E-state index >= 15 is 0 Å². The number of aromatic nitrogens is 3. The Morgan fingerprint density at radius 3 is 2.70 bits per heavy atom. The van der Waals surface area contributed by atoms with Gasteiger partial charge in [-0.25, -0.2) is 0 Å². The van der Waals surface area contributed by atoms with Crippen LogP contribution in [0.3, 0.4) is 0 Å². The van der Waals surface area contributed by atoms with Gasteiger partial charge in [0, 0.05) is 25.0 Å². The fourth-order valence-corrected chi connectivity index (χ4v) is 3.98. The largest absolute Gasteiger partial charge is 0.316 e. The summed E-state index contributed by atoms with van der Waals surface area (Å²) in [6.07, 6.45) is 5.67. The first-order valence-corrected chi connectivity index (χ1v) is 8.82. The third-order valence-electron chi connectivity index (χ3n) is 5.80. The minimum absolute atomic E-state index is 0.313. The van der Waals surface area contributed by atoms with Gasteiger partial charge in [-0.1, -0.05) is 44.2 Å². The molecule has 4 nitrogen and oxygen atoms in total. The van der Waals surface area contributed by atoms with E-state index in [0.29, 0.717) is 23.3 Å². The first kappa shape index (κ1) is 14.9. The normalized spacial score (nSPS) is 26.0. The first-order chi connectivity index (χ1) is 11.2. The van der Waals surface area contributed by atoms with E-state index in [2.05, 4.69) is 64.3 Å². The molecule has 4 rings (SSSR count). The van der Waals surface area contributed by atoms with E-state index in [4.69, 9.17) is 0 Å². The highest BCUT2D eigenvalue weighted by Gasteiger charge is 2.48. The lowest BCUT2D eigenvalue weighted by molar-refractivity contribution is 0.0686. The van der Waals surface area contributed by atoms with Crippen molar-refractivity contribution in [3.63, 3.8) is 0 Å². The van der Waals surface area contributed by atoms with Crippen LogP contribution in [-0.4, -0.2) is 27.4 Å². The van der Waals surface area contributed by atoms with Crippen molar-refractivity contribution in [1.29, 1.82) is 0 Å². The number of hydrogen-bond donors (Lipinski definition) is 1. The van der Waals surface area contributed by atoms with Gasteiger partial charge in [-0.05, 0) is 36.2 Å². The van der Waals surface area contributed by atoms with Gasteiger partial charge in [0.25, 0.3) is 0 Å². The van der Waals surface area contributed by atoms with E-state index in [0.717, 1.165) is 13.1 Å². The van der Waals surface area contributed by atoms with Gasteiger partial charge in [0.1, 0.15) is 12.2 Å². The van der Waals surface area contributed by atoms with Gasteiger partial charge in [0.15, 0.2) is 0 Å². The minimum Gasteiger partial charge on any atom is -0.316 e. The highest BCUT2D eigenvalue weighted by atomic mass is 15.3. The van der Waals surface area contributed by atoms with Crippen LogP contribution in [0.1, 0.15) is 56.3 Å². The van der Waals surface area contributed by atoms with Crippen LogP contribution >= 0.6 is 0 Å². The van der Waals surface area contributed by atoms with Crippen LogP contribution in [0.4, 0.5) is 0 Å². The highest BCUT2D eigenvalue weighted by molar-refractivity contribution is 5.27. The van der Waals surface area contributed by atoms with Gasteiger partial charge in [0.2, 0.25) is 0 Å². The molecule has 1 aromatic carbocycles. The minimum atomic E-state index is 0.313. The fourth-order valence-electron chi connectivity index (χ4n) is 3.98. The zero-order valence-electron chi connectivity index (χ0n) is 14.1. The summed E-state index contributed by atoms with van der Waals surface area (Å²) < 4.78 is 2.23. The molecule has 23 heavy (non-hydrogen) atoms. The molecule has 0 radical (unpaired) electrons. The van der Waals surface area contributed by atoms with E-state index in [9.17, 15) is 0 Å². The Morgan fingerprint density at radius 1 is 1.22 bits per heavy atom. The van der Waals surface area contributed by atoms with Gasteiger partial charge in [0.05, 0.1) is 0 Å². The summed E-state index contributed by atoms with van der Waals surface area (Å²) in [5.74, 6) is 2.51. The highest BCUT2D eigenvalue weighted by Crippen LogP contribution is 2.52. The van der Waals surface area contributed by atoms with Crippen LogP contribution in [0.5, 0.6) is 0 Å². The molecule has 4 heteroatoms. The summed E-state index contributed by atoms with van der Waals surface area (Å²) in [5, 5.41) is 12.1. The molecule has 0 bridgehead atoms. The van der Waals surface area contributed by atoms with Gasteiger partial charge in [-0.2, -0.15) is 0 Å². The summed E-state index contributed by atoms with van der Waals surface area (Å²) in [7, 11) is 0. The van der Waals surface area contributed by atoms with Crippen molar-refractivity contribution in [2.45, 2.75) is 57.5 Å². The van der Waals surface area contributed by atoms with Crippen LogP contribution in [0, 0.1) is 5.41 Å². The Morgan fingerprint density at radius 2 is 2.00 bits per heavy atom. The molecule has 122 valence electrons. The second kappa shape index (κ2) is 5.75. The summed E-state index contributed by atoms with van der Waals surface area (Å²) in [4.78, 5) is 0. The standard InChI is InChI=1S/C19H26N4/c1-19(2)16(14-6-4-3-5-7-14)12-17(19)20-10-11-23-13-21-22-18(23)15-8-9-15/h3-7,13,15-17,20H,8-12H2,1-2H3/t16-,17-/m1/s1. The molecule has 1 aromatic heterocycles. The van der Waals surface area contributed by atoms with Crippen LogP contribution in [0.25, 0.3) is 0 Å². The van der Waals surface area contributed by atoms with E-state index in [1.165, 1.54) is 30.7 Å². The van der Waals surface area contributed by atoms with Crippen molar-refractivity contribution in [2.75, 3.05) is 6.54 Å². The SMILES string of the molecule is CC1(C)[C@@H](c2ccccc2)C[C@H]1NCCn1cnnc1C1CC1. The lowest BCUT2D eigenvalue weighted by Gasteiger charge is -2.53. The third-order valence-corrected chi connectivity index (χ3v) is 5.80. The zero-order valence-corrected chi connectivity index (χ0v) is 14.1. The molecule has 1 N–H and O–H groups in total. The Labute approximate surface area is 138 Å². The molecule has 0 unspecified atom stereocenters. The van der Waals surface area contributed by atoms with Gasteiger partial charge < -0.3 is 9.88 Å². The monoisotopic (exact) mass is 310 g/mol. The van der Waals surface area contributed by atoms with E-state index < -0.39 is 0 Å². The third kappa shape index (κ3) is 2.80. The van der Waals surface area contributed by atoms with Crippen molar-refractivity contribution >= 4 is 0 Å². The number of benzene rings is 1.